The Bertz CT molecular complexity index is 567. The van der Waals surface area contributed by atoms with E-state index in [1.54, 1.807) is 0 Å². The fraction of sp³-hybridized carbons (Fsp3) is 0.789. The molecule has 4 nitrogen and oxygen atoms in total. The molecular formula is C19H29N3O. The number of aromatic nitrogens is 2. The topological polar surface area (TPSA) is 38.1 Å². The summed E-state index contributed by atoms with van der Waals surface area (Å²) in [6, 6.07) is 2.54. The molecule has 1 aromatic heterocycles. The standard InChI is InChI=1S/C19H29N3O/c1-21-17(8-9-20-21)6-7-19(23)22-10-2-3-18(22)13-16-12-14-4-5-15(16)11-14/h8-9,14-16,18H,2-7,10-13H2,1H3/t14-,15-,16-,18-/m0/s1. The van der Waals surface area contributed by atoms with Crippen LogP contribution in [0.5, 0.6) is 0 Å². The van der Waals surface area contributed by atoms with Gasteiger partial charge in [-0.05, 0) is 68.8 Å². The zero-order valence-corrected chi connectivity index (χ0v) is 14.3. The predicted octanol–water partition coefficient (Wildman–Crippen LogP) is 3.17. The Labute approximate surface area is 139 Å². The molecule has 23 heavy (non-hydrogen) atoms. The molecule has 2 heterocycles. The Kier molecular flexibility index (Phi) is 4.16. The van der Waals surface area contributed by atoms with E-state index in [0.29, 0.717) is 18.4 Å². The first kappa shape index (κ1) is 15.2. The Morgan fingerprint density at radius 3 is 2.91 bits per heavy atom. The molecule has 2 aliphatic carbocycles. The van der Waals surface area contributed by atoms with Gasteiger partial charge < -0.3 is 4.90 Å². The lowest BCUT2D eigenvalue weighted by molar-refractivity contribution is -0.132. The van der Waals surface area contributed by atoms with E-state index >= 15 is 0 Å². The summed E-state index contributed by atoms with van der Waals surface area (Å²) in [5.74, 6) is 3.26. The number of likely N-dealkylation sites (tertiary alicyclic amines) is 1. The van der Waals surface area contributed by atoms with E-state index in [0.717, 1.165) is 36.4 Å². The molecule has 0 radical (unpaired) electrons. The Balaban J connectivity index is 1.32. The van der Waals surface area contributed by atoms with Crippen LogP contribution >= 0.6 is 0 Å². The van der Waals surface area contributed by atoms with Gasteiger partial charge in [-0.15, -0.1) is 0 Å². The Morgan fingerprint density at radius 2 is 2.22 bits per heavy atom. The first-order valence-corrected chi connectivity index (χ1v) is 9.47. The molecule has 1 saturated heterocycles. The van der Waals surface area contributed by atoms with Gasteiger partial charge in [-0.1, -0.05) is 6.42 Å². The van der Waals surface area contributed by atoms with E-state index in [-0.39, 0.29) is 0 Å². The summed E-state index contributed by atoms with van der Waals surface area (Å²) < 4.78 is 1.88. The van der Waals surface area contributed by atoms with Gasteiger partial charge in [-0.3, -0.25) is 9.48 Å². The van der Waals surface area contributed by atoms with Gasteiger partial charge in [0, 0.05) is 37.9 Å². The molecular weight excluding hydrogens is 286 g/mol. The Morgan fingerprint density at radius 1 is 1.30 bits per heavy atom. The predicted molar refractivity (Wildman–Crippen MR) is 89.8 cm³/mol. The summed E-state index contributed by atoms with van der Waals surface area (Å²) >= 11 is 0. The maximum Gasteiger partial charge on any atom is 0.223 e. The SMILES string of the molecule is Cn1nccc1CCC(=O)N1CCC[C@H]1C[C@@H]1C[C@H]2CC[C@H]1C2. The van der Waals surface area contributed by atoms with Crippen molar-refractivity contribution in [2.45, 2.75) is 63.8 Å². The van der Waals surface area contributed by atoms with Gasteiger partial charge >= 0.3 is 0 Å². The van der Waals surface area contributed by atoms with Crippen molar-refractivity contribution in [1.29, 1.82) is 0 Å². The number of hydrogen-bond acceptors (Lipinski definition) is 2. The maximum absolute atomic E-state index is 12.7. The lowest BCUT2D eigenvalue weighted by atomic mass is 9.83. The Hall–Kier alpha value is -1.32. The molecule has 4 heteroatoms. The minimum atomic E-state index is 0.358. The highest BCUT2D eigenvalue weighted by atomic mass is 16.2. The number of aryl methyl sites for hydroxylation is 2. The van der Waals surface area contributed by atoms with Gasteiger partial charge in [-0.2, -0.15) is 5.10 Å². The normalized spacial score (nSPS) is 32.8. The summed E-state index contributed by atoms with van der Waals surface area (Å²) in [5.41, 5.74) is 1.15. The number of fused-ring (bicyclic) bond motifs is 2. The van der Waals surface area contributed by atoms with Crippen LogP contribution in [0.2, 0.25) is 0 Å². The molecule has 0 N–H and O–H groups in total. The van der Waals surface area contributed by atoms with Crippen LogP contribution in [0.25, 0.3) is 0 Å². The van der Waals surface area contributed by atoms with E-state index in [2.05, 4.69) is 10.00 Å². The zero-order chi connectivity index (χ0) is 15.8. The van der Waals surface area contributed by atoms with E-state index < -0.39 is 0 Å². The van der Waals surface area contributed by atoms with Crippen LogP contribution in [0, 0.1) is 17.8 Å². The van der Waals surface area contributed by atoms with Crippen LogP contribution in [0.1, 0.15) is 57.1 Å². The molecule has 2 saturated carbocycles. The van der Waals surface area contributed by atoms with Crippen LogP contribution in [-0.2, 0) is 18.3 Å². The van der Waals surface area contributed by atoms with Crippen LogP contribution in [0.15, 0.2) is 12.3 Å². The average Bonchev–Trinajstić information content (AvgIpc) is 3.29. The van der Waals surface area contributed by atoms with E-state index in [4.69, 9.17) is 0 Å². The van der Waals surface area contributed by atoms with Crippen molar-refractivity contribution in [3.63, 3.8) is 0 Å². The van der Waals surface area contributed by atoms with Crippen LogP contribution < -0.4 is 0 Å². The minimum absolute atomic E-state index is 0.358. The summed E-state index contributed by atoms with van der Waals surface area (Å²) in [4.78, 5) is 14.9. The van der Waals surface area contributed by atoms with Gasteiger partial charge in [0.1, 0.15) is 0 Å². The lowest BCUT2D eigenvalue weighted by Gasteiger charge is -2.30. The van der Waals surface area contributed by atoms with Crippen molar-refractivity contribution in [2.24, 2.45) is 24.8 Å². The van der Waals surface area contributed by atoms with Crippen molar-refractivity contribution in [3.05, 3.63) is 18.0 Å². The van der Waals surface area contributed by atoms with Crippen LogP contribution in [0.4, 0.5) is 0 Å². The highest BCUT2D eigenvalue weighted by Gasteiger charge is 2.41. The van der Waals surface area contributed by atoms with Crippen molar-refractivity contribution < 1.29 is 4.79 Å². The molecule has 0 aromatic carbocycles. The summed E-state index contributed by atoms with van der Waals surface area (Å²) in [5, 5.41) is 4.19. The maximum atomic E-state index is 12.7. The lowest BCUT2D eigenvalue weighted by Crippen LogP contribution is -2.37. The summed E-state index contributed by atoms with van der Waals surface area (Å²) in [7, 11) is 1.95. The van der Waals surface area contributed by atoms with E-state index in [9.17, 15) is 4.79 Å². The van der Waals surface area contributed by atoms with Crippen LogP contribution in [-0.4, -0.2) is 33.2 Å². The van der Waals surface area contributed by atoms with Gasteiger partial charge in [0.05, 0.1) is 0 Å². The van der Waals surface area contributed by atoms with Gasteiger partial charge in [-0.25, -0.2) is 0 Å². The fourth-order valence-corrected chi connectivity index (χ4v) is 5.45. The molecule has 3 fully saturated rings. The average molecular weight is 315 g/mol. The fourth-order valence-electron chi connectivity index (χ4n) is 5.45. The number of nitrogens with zero attached hydrogens (tertiary/aromatic N) is 3. The number of amides is 1. The largest absolute Gasteiger partial charge is 0.340 e. The van der Waals surface area contributed by atoms with E-state index in [1.165, 1.54) is 44.9 Å². The number of hydrogen-bond donors (Lipinski definition) is 0. The molecule has 0 unspecified atom stereocenters. The second-order valence-electron chi connectivity index (χ2n) is 8.00. The first-order chi connectivity index (χ1) is 11.2. The molecule has 2 bridgehead atoms. The third-order valence-electron chi connectivity index (χ3n) is 6.67. The minimum Gasteiger partial charge on any atom is -0.340 e. The second-order valence-corrected chi connectivity index (χ2v) is 8.00. The number of rotatable bonds is 5. The molecule has 3 aliphatic rings. The smallest absolute Gasteiger partial charge is 0.223 e. The van der Waals surface area contributed by atoms with Gasteiger partial charge in [0.25, 0.3) is 0 Å². The van der Waals surface area contributed by atoms with Crippen molar-refractivity contribution in [1.82, 2.24) is 14.7 Å². The third kappa shape index (κ3) is 3.05. The van der Waals surface area contributed by atoms with Crippen LogP contribution in [0.3, 0.4) is 0 Å². The number of carbonyl (C=O) groups excluding carboxylic acids is 1. The highest BCUT2D eigenvalue weighted by Crippen LogP contribution is 2.50. The molecule has 1 amide bonds. The van der Waals surface area contributed by atoms with E-state index in [1.807, 2.05) is 24.0 Å². The number of carbonyl (C=O) groups is 1. The molecule has 126 valence electrons. The molecule has 4 atom stereocenters. The molecule has 1 aromatic rings. The monoisotopic (exact) mass is 315 g/mol. The first-order valence-electron chi connectivity index (χ1n) is 9.47. The van der Waals surface area contributed by atoms with Gasteiger partial charge in [0.2, 0.25) is 5.91 Å². The highest BCUT2D eigenvalue weighted by molar-refractivity contribution is 5.77. The van der Waals surface area contributed by atoms with Crippen molar-refractivity contribution >= 4 is 5.91 Å². The zero-order valence-electron chi connectivity index (χ0n) is 14.3. The summed E-state index contributed by atoms with van der Waals surface area (Å²) in [6.45, 7) is 0.982. The van der Waals surface area contributed by atoms with Crippen molar-refractivity contribution in [2.75, 3.05) is 6.54 Å². The van der Waals surface area contributed by atoms with Gasteiger partial charge in [0.15, 0.2) is 0 Å². The van der Waals surface area contributed by atoms with Crippen molar-refractivity contribution in [3.8, 4) is 0 Å². The quantitative estimate of drug-likeness (QED) is 0.837. The second kappa shape index (κ2) is 6.29. The molecule has 1 aliphatic heterocycles. The molecule has 4 rings (SSSR count). The summed E-state index contributed by atoms with van der Waals surface area (Å²) in [6.07, 6.45) is 12.8. The molecule has 0 spiro atoms. The third-order valence-corrected chi connectivity index (χ3v) is 6.67.